The molecule has 0 N–H and O–H groups in total. The summed E-state index contributed by atoms with van der Waals surface area (Å²) in [5.41, 5.74) is 1.55. The Balaban J connectivity index is 3.21. The minimum Gasteiger partial charge on any atom is -0.341 e. The third-order valence-corrected chi connectivity index (χ3v) is 4.67. The molecule has 1 aromatic rings. The number of sulfonamides is 1. The third-order valence-electron chi connectivity index (χ3n) is 3.43. The number of likely N-dealkylation sites (N-methyl/N-ethyl adjacent to an activating group) is 1. The first-order valence-electron chi connectivity index (χ1n) is 7.07. The van der Waals surface area contributed by atoms with Gasteiger partial charge in [0.2, 0.25) is 15.9 Å². The number of anilines is 1. The molecule has 0 bridgehead atoms. The lowest BCUT2D eigenvalue weighted by atomic mass is 10.2. The summed E-state index contributed by atoms with van der Waals surface area (Å²) in [4.78, 5) is 14.1. The molecule has 0 saturated carbocycles. The van der Waals surface area contributed by atoms with Gasteiger partial charge in [-0.25, -0.2) is 8.42 Å². The van der Waals surface area contributed by atoms with Gasteiger partial charge >= 0.3 is 0 Å². The third kappa shape index (κ3) is 4.20. The van der Waals surface area contributed by atoms with Crippen molar-refractivity contribution in [2.75, 3.05) is 23.7 Å². The SMILES string of the molecule is CCN(CC)C(=O)[C@@H](C)N(c1ccc(C)cc1)S(C)(=O)=O. The van der Waals surface area contributed by atoms with E-state index in [1.54, 1.807) is 24.0 Å². The molecular weight excluding hydrogens is 288 g/mol. The van der Waals surface area contributed by atoms with Gasteiger partial charge in [0.1, 0.15) is 6.04 Å². The van der Waals surface area contributed by atoms with Crippen LogP contribution in [0.1, 0.15) is 26.3 Å². The Morgan fingerprint density at radius 3 is 2.00 bits per heavy atom. The number of benzene rings is 1. The molecule has 0 aliphatic carbocycles. The van der Waals surface area contributed by atoms with E-state index in [9.17, 15) is 13.2 Å². The summed E-state index contributed by atoms with van der Waals surface area (Å²) in [6, 6.07) is 6.36. The molecule has 0 spiro atoms. The summed E-state index contributed by atoms with van der Waals surface area (Å²) >= 11 is 0. The average molecular weight is 312 g/mol. The number of carbonyl (C=O) groups is 1. The van der Waals surface area contributed by atoms with E-state index in [2.05, 4.69) is 0 Å². The largest absolute Gasteiger partial charge is 0.341 e. The van der Waals surface area contributed by atoms with Crippen LogP contribution in [0, 0.1) is 6.92 Å². The van der Waals surface area contributed by atoms with Gasteiger partial charge in [-0.1, -0.05) is 17.7 Å². The van der Waals surface area contributed by atoms with Crippen molar-refractivity contribution in [1.29, 1.82) is 0 Å². The Kier molecular flexibility index (Phi) is 5.78. The minimum atomic E-state index is -3.54. The fourth-order valence-corrected chi connectivity index (χ4v) is 3.46. The van der Waals surface area contributed by atoms with E-state index in [0.29, 0.717) is 18.8 Å². The second-order valence-corrected chi connectivity index (χ2v) is 6.94. The van der Waals surface area contributed by atoms with Crippen LogP contribution in [0.2, 0.25) is 0 Å². The Morgan fingerprint density at radius 2 is 1.62 bits per heavy atom. The smallest absolute Gasteiger partial charge is 0.246 e. The predicted octanol–water partition coefficient (Wildman–Crippen LogP) is 2.02. The first-order chi connectivity index (χ1) is 9.72. The van der Waals surface area contributed by atoms with Crippen LogP contribution in [-0.2, 0) is 14.8 Å². The Labute approximate surface area is 127 Å². The lowest BCUT2D eigenvalue weighted by Gasteiger charge is -2.31. The highest BCUT2D eigenvalue weighted by Crippen LogP contribution is 2.22. The highest BCUT2D eigenvalue weighted by atomic mass is 32.2. The normalized spacial score (nSPS) is 12.8. The zero-order valence-electron chi connectivity index (χ0n) is 13.3. The highest BCUT2D eigenvalue weighted by Gasteiger charge is 2.31. The molecule has 1 rings (SSSR count). The molecule has 0 aliphatic rings. The first-order valence-corrected chi connectivity index (χ1v) is 8.92. The molecule has 0 aromatic heterocycles. The molecule has 0 unspecified atom stereocenters. The van der Waals surface area contributed by atoms with Crippen LogP contribution in [0.5, 0.6) is 0 Å². The molecule has 118 valence electrons. The van der Waals surface area contributed by atoms with Gasteiger partial charge in [-0.05, 0) is 39.8 Å². The fraction of sp³-hybridized carbons (Fsp3) is 0.533. The van der Waals surface area contributed by atoms with E-state index in [1.807, 2.05) is 32.9 Å². The lowest BCUT2D eigenvalue weighted by Crippen LogP contribution is -2.49. The number of hydrogen-bond acceptors (Lipinski definition) is 3. The van der Waals surface area contributed by atoms with Crippen molar-refractivity contribution in [3.63, 3.8) is 0 Å². The topological polar surface area (TPSA) is 57.7 Å². The van der Waals surface area contributed by atoms with Crippen molar-refractivity contribution in [2.45, 2.75) is 33.7 Å². The van der Waals surface area contributed by atoms with Gasteiger partial charge < -0.3 is 4.90 Å². The highest BCUT2D eigenvalue weighted by molar-refractivity contribution is 7.92. The number of nitrogens with zero attached hydrogens (tertiary/aromatic N) is 2. The minimum absolute atomic E-state index is 0.189. The Hall–Kier alpha value is -1.56. The molecule has 1 aromatic carbocycles. The van der Waals surface area contributed by atoms with Crippen molar-refractivity contribution < 1.29 is 13.2 Å². The number of aryl methyl sites for hydroxylation is 1. The van der Waals surface area contributed by atoms with Crippen LogP contribution in [0.4, 0.5) is 5.69 Å². The molecule has 5 nitrogen and oxygen atoms in total. The predicted molar refractivity (Wildman–Crippen MR) is 85.9 cm³/mol. The standard InChI is InChI=1S/C15H24N2O3S/c1-6-16(7-2)15(18)13(4)17(21(5,19)20)14-10-8-12(3)9-11-14/h8-11,13H,6-7H2,1-5H3/t13-/m1/s1. The molecule has 0 fully saturated rings. The molecule has 0 saturated heterocycles. The quantitative estimate of drug-likeness (QED) is 0.807. The van der Waals surface area contributed by atoms with Crippen molar-refractivity contribution in [3.05, 3.63) is 29.8 Å². The maximum Gasteiger partial charge on any atom is 0.246 e. The van der Waals surface area contributed by atoms with Crippen molar-refractivity contribution >= 4 is 21.6 Å². The number of hydrogen-bond donors (Lipinski definition) is 0. The summed E-state index contributed by atoms with van der Waals surface area (Å²) in [6.07, 6.45) is 1.12. The summed E-state index contributed by atoms with van der Waals surface area (Å²) in [5.74, 6) is -0.189. The van der Waals surface area contributed by atoms with Crippen LogP contribution in [0.15, 0.2) is 24.3 Å². The summed E-state index contributed by atoms with van der Waals surface area (Å²) < 4.78 is 25.4. The zero-order chi connectivity index (χ0) is 16.2. The molecule has 0 heterocycles. The Morgan fingerprint density at radius 1 is 1.14 bits per heavy atom. The summed E-state index contributed by atoms with van der Waals surface area (Å²) in [5, 5.41) is 0. The van der Waals surface area contributed by atoms with Gasteiger partial charge in [0.05, 0.1) is 11.9 Å². The summed E-state index contributed by atoms with van der Waals surface area (Å²) in [7, 11) is -3.54. The Bertz CT molecular complexity index is 577. The second-order valence-electron chi connectivity index (χ2n) is 5.08. The van der Waals surface area contributed by atoms with Gasteiger partial charge in [-0.2, -0.15) is 0 Å². The second kappa shape index (κ2) is 6.93. The van der Waals surface area contributed by atoms with Gasteiger partial charge in [-0.15, -0.1) is 0 Å². The van der Waals surface area contributed by atoms with E-state index < -0.39 is 16.1 Å². The van der Waals surface area contributed by atoms with E-state index in [0.717, 1.165) is 11.8 Å². The van der Waals surface area contributed by atoms with Crippen LogP contribution in [0.3, 0.4) is 0 Å². The van der Waals surface area contributed by atoms with Crippen LogP contribution in [0.25, 0.3) is 0 Å². The van der Waals surface area contributed by atoms with Gasteiger partial charge in [0, 0.05) is 13.1 Å². The molecular formula is C15H24N2O3S. The molecule has 0 radical (unpaired) electrons. The van der Waals surface area contributed by atoms with E-state index >= 15 is 0 Å². The molecule has 6 heteroatoms. The molecule has 1 amide bonds. The first kappa shape index (κ1) is 17.5. The number of rotatable bonds is 6. The number of carbonyl (C=O) groups excluding carboxylic acids is 1. The van der Waals surface area contributed by atoms with Gasteiger partial charge in [0.25, 0.3) is 0 Å². The summed E-state index contributed by atoms with van der Waals surface area (Å²) in [6.45, 7) is 8.44. The van der Waals surface area contributed by atoms with E-state index in [1.165, 1.54) is 4.31 Å². The average Bonchev–Trinajstić information content (AvgIpc) is 2.41. The maximum atomic E-state index is 12.5. The van der Waals surface area contributed by atoms with Crippen LogP contribution >= 0.6 is 0 Å². The van der Waals surface area contributed by atoms with Crippen LogP contribution < -0.4 is 4.31 Å². The number of amides is 1. The molecule has 21 heavy (non-hydrogen) atoms. The maximum absolute atomic E-state index is 12.5. The van der Waals surface area contributed by atoms with Crippen molar-refractivity contribution in [1.82, 2.24) is 4.90 Å². The van der Waals surface area contributed by atoms with Gasteiger partial charge in [0.15, 0.2) is 0 Å². The van der Waals surface area contributed by atoms with Crippen molar-refractivity contribution in [3.8, 4) is 0 Å². The monoisotopic (exact) mass is 312 g/mol. The molecule has 0 aliphatic heterocycles. The van der Waals surface area contributed by atoms with Gasteiger partial charge in [-0.3, -0.25) is 9.10 Å². The molecule has 1 atom stereocenters. The van der Waals surface area contributed by atoms with E-state index in [4.69, 9.17) is 0 Å². The van der Waals surface area contributed by atoms with Crippen molar-refractivity contribution in [2.24, 2.45) is 0 Å². The van der Waals surface area contributed by atoms with E-state index in [-0.39, 0.29) is 5.91 Å². The zero-order valence-corrected chi connectivity index (χ0v) is 14.1. The lowest BCUT2D eigenvalue weighted by molar-refractivity contribution is -0.131. The fourth-order valence-electron chi connectivity index (χ4n) is 2.29. The van der Waals surface area contributed by atoms with Crippen LogP contribution in [-0.4, -0.2) is 44.6 Å².